The number of hydrogen-bond acceptors (Lipinski definition) is 6. The second kappa shape index (κ2) is 7.34. The number of nitrogens with zero attached hydrogens (tertiary/aromatic N) is 4. The van der Waals surface area contributed by atoms with Crippen LogP contribution in [0.5, 0.6) is 0 Å². The van der Waals surface area contributed by atoms with Gasteiger partial charge >= 0.3 is 0 Å². The van der Waals surface area contributed by atoms with Crippen LogP contribution in [0.4, 0.5) is 5.95 Å². The Morgan fingerprint density at radius 1 is 1.18 bits per heavy atom. The molecule has 1 saturated heterocycles. The van der Waals surface area contributed by atoms with Crippen molar-refractivity contribution in [1.82, 2.24) is 14.3 Å². The van der Waals surface area contributed by atoms with Crippen LogP contribution in [0.15, 0.2) is 12.4 Å². The van der Waals surface area contributed by atoms with Gasteiger partial charge in [0.2, 0.25) is 16.0 Å². The summed E-state index contributed by atoms with van der Waals surface area (Å²) in [5.74, 6) is 0.692. The molecule has 0 aromatic carbocycles. The molecule has 0 aliphatic carbocycles. The van der Waals surface area contributed by atoms with E-state index in [-0.39, 0.29) is 18.5 Å². The first kappa shape index (κ1) is 17.1. The van der Waals surface area contributed by atoms with Gasteiger partial charge in [0, 0.05) is 38.6 Å². The lowest BCUT2D eigenvalue weighted by Crippen LogP contribution is -2.50. The molecule has 0 amide bonds. The number of aromatic nitrogens is 2. The number of hydrogen-bond donors (Lipinski definition) is 0. The summed E-state index contributed by atoms with van der Waals surface area (Å²) in [5.41, 5.74) is 1.01. The molecule has 0 N–H and O–H groups in total. The van der Waals surface area contributed by atoms with Crippen molar-refractivity contribution in [2.45, 2.75) is 26.9 Å². The summed E-state index contributed by atoms with van der Waals surface area (Å²) in [5, 5.41) is 0. The summed E-state index contributed by atoms with van der Waals surface area (Å²) in [7, 11) is -3.25. The molecule has 0 saturated carbocycles. The Labute approximate surface area is 132 Å². The van der Waals surface area contributed by atoms with Crippen LogP contribution in [0.2, 0.25) is 0 Å². The highest BCUT2D eigenvalue weighted by Gasteiger charge is 2.27. The van der Waals surface area contributed by atoms with Gasteiger partial charge in [-0.25, -0.2) is 18.4 Å². The first-order valence-corrected chi connectivity index (χ1v) is 9.12. The average Bonchev–Trinajstić information content (AvgIpc) is 2.47. The molecule has 1 fully saturated rings. The molecule has 0 radical (unpaired) electrons. The molecule has 1 aromatic heterocycles. The zero-order valence-corrected chi connectivity index (χ0v) is 14.2. The fourth-order valence-electron chi connectivity index (χ4n) is 2.23. The number of rotatable bonds is 6. The zero-order valence-electron chi connectivity index (χ0n) is 13.4. The summed E-state index contributed by atoms with van der Waals surface area (Å²) in [6.07, 6.45) is 3.59. The van der Waals surface area contributed by atoms with Gasteiger partial charge in [-0.15, -0.1) is 0 Å². The lowest BCUT2D eigenvalue weighted by molar-refractivity contribution is 0.0906. The van der Waals surface area contributed by atoms with E-state index < -0.39 is 10.0 Å². The molecule has 22 heavy (non-hydrogen) atoms. The molecule has 0 atom stereocenters. The van der Waals surface area contributed by atoms with Gasteiger partial charge in [0.05, 0.1) is 18.5 Å². The highest BCUT2D eigenvalue weighted by molar-refractivity contribution is 7.89. The highest BCUT2D eigenvalue weighted by atomic mass is 32.2. The summed E-state index contributed by atoms with van der Waals surface area (Å²) in [6.45, 7) is 8.10. The monoisotopic (exact) mass is 328 g/mol. The number of ether oxygens (including phenoxy) is 1. The third-order valence-corrected chi connectivity index (χ3v) is 5.31. The predicted molar refractivity (Wildman–Crippen MR) is 85.4 cm³/mol. The third kappa shape index (κ3) is 4.62. The van der Waals surface area contributed by atoms with Gasteiger partial charge in [-0.1, -0.05) is 0 Å². The van der Waals surface area contributed by atoms with Gasteiger partial charge in [-0.3, -0.25) is 0 Å². The van der Waals surface area contributed by atoms with Crippen LogP contribution in [0.3, 0.4) is 0 Å². The standard InChI is InChI=1S/C14H24N4O3S/c1-12(2)21-8-9-22(19,20)18-6-4-17(5-7-18)14-15-10-13(3)11-16-14/h10-12H,4-9H2,1-3H3. The average molecular weight is 328 g/mol. The van der Waals surface area contributed by atoms with Crippen LogP contribution in [0, 0.1) is 6.92 Å². The van der Waals surface area contributed by atoms with Crippen molar-refractivity contribution in [3.8, 4) is 0 Å². The molecule has 0 spiro atoms. The van der Waals surface area contributed by atoms with Crippen molar-refractivity contribution in [1.29, 1.82) is 0 Å². The van der Waals surface area contributed by atoms with Crippen molar-refractivity contribution in [3.05, 3.63) is 18.0 Å². The minimum Gasteiger partial charge on any atom is -0.378 e. The Kier molecular flexibility index (Phi) is 5.71. The fourth-order valence-corrected chi connectivity index (χ4v) is 3.52. The van der Waals surface area contributed by atoms with E-state index in [0.717, 1.165) is 5.56 Å². The van der Waals surface area contributed by atoms with Crippen LogP contribution in [-0.2, 0) is 14.8 Å². The van der Waals surface area contributed by atoms with E-state index in [9.17, 15) is 8.42 Å². The van der Waals surface area contributed by atoms with E-state index in [1.807, 2.05) is 25.7 Å². The second-order valence-corrected chi connectivity index (χ2v) is 7.77. The largest absolute Gasteiger partial charge is 0.378 e. The molecule has 8 heteroatoms. The molecule has 0 unspecified atom stereocenters. The van der Waals surface area contributed by atoms with Gasteiger partial charge in [0.1, 0.15) is 0 Å². The first-order valence-electron chi connectivity index (χ1n) is 7.51. The van der Waals surface area contributed by atoms with Gasteiger partial charge < -0.3 is 9.64 Å². The van der Waals surface area contributed by atoms with Crippen LogP contribution in [0.25, 0.3) is 0 Å². The molecule has 124 valence electrons. The number of piperazine rings is 1. The third-order valence-electron chi connectivity index (χ3n) is 3.47. The second-order valence-electron chi connectivity index (χ2n) is 5.68. The van der Waals surface area contributed by atoms with E-state index in [2.05, 4.69) is 9.97 Å². The Morgan fingerprint density at radius 3 is 2.32 bits per heavy atom. The summed E-state index contributed by atoms with van der Waals surface area (Å²) >= 11 is 0. The van der Waals surface area contributed by atoms with Crippen molar-refractivity contribution < 1.29 is 13.2 Å². The van der Waals surface area contributed by atoms with E-state index in [0.29, 0.717) is 32.1 Å². The highest BCUT2D eigenvalue weighted by Crippen LogP contribution is 2.13. The molecular formula is C14H24N4O3S. The molecule has 1 aromatic rings. The maximum atomic E-state index is 12.3. The quantitative estimate of drug-likeness (QED) is 0.764. The van der Waals surface area contributed by atoms with Crippen LogP contribution < -0.4 is 4.90 Å². The number of anilines is 1. The number of sulfonamides is 1. The molecule has 1 aliphatic heterocycles. The van der Waals surface area contributed by atoms with Crippen molar-refractivity contribution in [3.63, 3.8) is 0 Å². The smallest absolute Gasteiger partial charge is 0.225 e. The van der Waals surface area contributed by atoms with Gasteiger partial charge in [0.15, 0.2) is 0 Å². The minimum atomic E-state index is -3.25. The summed E-state index contributed by atoms with van der Waals surface area (Å²) in [6, 6.07) is 0. The van der Waals surface area contributed by atoms with E-state index in [1.54, 1.807) is 12.4 Å². The zero-order chi connectivity index (χ0) is 16.2. The van der Waals surface area contributed by atoms with Crippen LogP contribution >= 0.6 is 0 Å². The molecule has 2 heterocycles. The Balaban J connectivity index is 1.87. The molecule has 0 bridgehead atoms. The van der Waals surface area contributed by atoms with E-state index >= 15 is 0 Å². The minimum absolute atomic E-state index is 0.0339. The molecular weight excluding hydrogens is 304 g/mol. The van der Waals surface area contributed by atoms with Crippen LogP contribution in [-0.4, -0.2) is 67.3 Å². The first-order chi connectivity index (χ1) is 10.4. The Hall–Kier alpha value is -1.25. The lowest BCUT2D eigenvalue weighted by atomic mass is 10.4. The van der Waals surface area contributed by atoms with Crippen LogP contribution in [0.1, 0.15) is 19.4 Å². The van der Waals surface area contributed by atoms with Gasteiger partial charge in [0.25, 0.3) is 0 Å². The topological polar surface area (TPSA) is 75.6 Å². The van der Waals surface area contributed by atoms with E-state index in [1.165, 1.54) is 4.31 Å². The summed E-state index contributed by atoms with van der Waals surface area (Å²) in [4.78, 5) is 10.6. The maximum Gasteiger partial charge on any atom is 0.225 e. The van der Waals surface area contributed by atoms with Crippen molar-refractivity contribution in [2.75, 3.05) is 43.4 Å². The SMILES string of the molecule is Cc1cnc(N2CCN(S(=O)(=O)CCOC(C)C)CC2)nc1. The van der Waals surface area contributed by atoms with Crippen molar-refractivity contribution in [2.24, 2.45) is 0 Å². The molecule has 7 nitrogen and oxygen atoms in total. The summed E-state index contributed by atoms with van der Waals surface area (Å²) < 4.78 is 31.4. The normalized spacial score (nSPS) is 17.2. The Morgan fingerprint density at radius 2 is 1.77 bits per heavy atom. The van der Waals surface area contributed by atoms with Gasteiger partial charge in [-0.2, -0.15) is 4.31 Å². The maximum absolute atomic E-state index is 12.3. The van der Waals surface area contributed by atoms with E-state index in [4.69, 9.17) is 4.74 Å². The fraction of sp³-hybridized carbons (Fsp3) is 0.714. The predicted octanol–water partition coefficient (Wildman–Crippen LogP) is 0.662. The molecule has 2 rings (SSSR count). The lowest BCUT2D eigenvalue weighted by Gasteiger charge is -2.34. The van der Waals surface area contributed by atoms with Crippen molar-refractivity contribution >= 4 is 16.0 Å². The van der Waals surface area contributed by atoms with Gasteiger partial charge in [-0.05, 0) is 26.3 Å². The Bertz CT molecular complexity index is 566. The number of aryl methyl sites for hydroxylation is 1. The molecule has 1 aliphatic rings.